The normalized spacial score (nSPS) is 30.3. The highest BCUT2D eigenvalue weighted by Gasteiger charge is 2.26. The van der Waals surface area contributed by atoms with Gasteiger partial charge in [-0.05, 0) is 54.2 Å². The van der Waals surface area contributed by atoms with Gasteiger partial charge in [0.1, 0.15) is 0 Å². The Morgan fingerprint density at radius 2 is 1.89 bits per heavy atom. The van der Waals surface area contributed by atoms with Gasteiger partial charge in [-0.3, -0.25) is 0 Å². The van der Waals surface area contributed by atoms with E-state index in [1.54, 1.807) is 11.1 Å². The summed E-state index contributed by atoms with van der Waals surface area (Å²) in [5.41, 5.74) is 4.67. The van der Waals surface area contributed by atoms with E-state index >= 15 is 0 Å². The molecule has 2 aliphatic carbocycles. The molecule has 3 atom stereocenters. The quantitative estimate of drug-likeness (QED) is 0.860. The predicted octanol–water partition coefficient (Wildman–Crippen LogP) is 4.09. The molecule has 0 bridgehead atoms. The van der Waals surface area contributed by atoms with E-state index in [2.05, 4.69) is 37.4 Å². The molecule has 1 aromatic rings. The summed E-state index contributed by atoms with van der Waals surface area (Å²) in [5, 5.41) is 3.81. The van der Waals surface area contributed by atoms with Gasteiger partial charge in [-0.2, -0.15) is 0 Å². The smallest absolute Gasteiger partial charge is 0.0208 e. The molecule has 0 saturated heterocycles. The summed E-state index contributed by atoms with van der Waals surface area (Å²) in [6, 6.07) is 7.84. The summed E-state index contributed by atoms with van der Waals surface area (Å²) in [6.07, 6.45) is 8.10. The molecule has 1 saturated carbocycles. The van der Waals surface area contributed by atoms with Gasteiger partial charge in [-0.25, -0.2) is 0 Å². The maximum absolute atomic E-state index is 3.81. The molecule has 1 fully saturated rings. The minimum Gasteiger partial charge on any atom is -0.310 e. The number of nitrogens with one attached hydrogen (secondary N) is 1. The zero-order valence-corrected chi connectivity index (χ0v) is 12.4. The Bertz CT molecular complexity index is 437. The first-order chi connectivity index (χ1) is 9.24. The lowest BCUT2D eigenvalue weighted by atomic mass is 9.78. The number of fused-ring (bicyclic) bond motifs is 1. The zero-order chi connectivity index (χ0) is 13.2. The fraction of sp³-hybridized carbons (Fsp3) is 0.667. The van der Waals surface area contributed by atoms with Crippen LogP contribution in [0, 0.1) is 11.8 Å². The molecular weight excluding hydrogens is 230 g/mol. The minimum absolute atomic E-state index is 0.719. The second kappa shape index (κ2) is 5.66. The van der Waals surface area contributed by atoms with E-state index in [-0.39, 0.29) is 0 Å². The first kappa shape index (κ1) is 13.2. The molecule has 104 valence electrons. The van der Waals surface area contributed by atoms with Gasteiger partial charge in [0.25, 0.3) is 0 Å². The van der Waals surface area contributed by atoms with Crippen molar-refractivity contribution in [2.24, 2.45) is 11.8 Å². The van der Waals surface area contributed by atoms with E-state index in [0.29, 0.717) is 0 Å². The van der Waals surface area contributed by atoms with Crippen molar-refractivity contribution >= 4 is 0 Å². The van der Waals surface area contributed by atoms with Crippen LogP contribution in [-0.2, 0) is 19.4 Å². The third-order valence-corrected chi connectivity index (χ3v) is 5.44. The van der Waals surface area contributed by atoms with Crippen LogP contribution in [0.1, 0.15) is 56.2 Å². The lowest BCUT2D eigenvalue weighted by Gasteiger charge is -2.34. The van der Waals surface area contributed by atoms with Gasteiger partial charge in [-0.1, -0.05) is 44.9 Å². The van der Waals surface area contributed by atoms with Crippen molar-refractivity contribution in [2.75, 3.05) is 0 Å². The van der Waals surface area contributed by atoms with Crippen molar-refractivity contribution < 1.29 is 0 Å². The summed E-state index contributed by atoms with van der Waals surface area (Å²) < 4.78 is 0. The van der Waals surface area contributed by atoms with Crippen molar-refractivity contribution in [2.45, 2.75) is 65.0 Å². The van der Waals surface area contributed by atoms with Crippen LogP contribution in [0.3, 0.4) is 0 Å². The summed E-state index contributed by atoms with van der Waals surface area (Å²) in [4.78, 5) is 0. The highest BCUT2D eigenvalue weighted by molar-refractivity contribution is 5.35. The number of benzene rings is 1. The van der Waals surface area contributed by atoms with E-state index in [0.717, 1.165) is 24.4 Å². The lowest BCUT2D eigenvalue weighted by Crippen LogP contribution is -2.40. The monoisotopic (exact) mass is 257 g/mol. The van der Waals surface area contributed by atoms with Crippen LogP contribution in [0.5, 0.6) is 0 Å². The highest BCUT2D eigenvalue weighted by Crippen LogP contribution is 2.30. The molecule has 1 heteroatoms. The van der Waals surface area contributed by atoms with Gasteiger partial charge in [-0.15, -0.1) is 0 Å². The van der Waals surface area contributed by atoms with Crippen molar-refractivity contribution in [3.8, 4) is 0 Å². The van der Waals surface area contributed by atoms with Gasteiger partial charge in [0, 0.05) is 12.6 Å². The van der Waals surface area contributed by atoms with Gasteiger partial charge >= 0.3 is 0 Å². The molecule has 1 nitrogen and oxygen atoms in total. The highest BCUT2D eigenvalue weighted by atomic mass is 14.9. The second-order valence-corrected chi connectivity index (χ2v) is 6.71. The molecule has 0 aromatic heterocycles. The van der Waals surface area contributed by atoms with Crippen LogP contribution >= 0.6 is 0 Å². The lowest BCUT2D eigenvalue weighted by molar-refractivity contribution is 0.206. The molecule has 0 heterocycles. The van der Waals surface area contributed by atoms with Crippen LogP contribution in [0.25, 0.3) is 0 Å². The Kier molecular flexibility index (Phi) is 3.93. The van der Waals surface area contributed by atoms with Gasteiger partial charge in [0.05, 0.1) is 0 Å². The number of rotatable bonds is 3. The molecule has 3 unspecified atom stereocenters. The van der Waals surface area contributed by atoms with Crippen molar-refractivity contribution in [1.82, 2.24) is 5.32 Å². The third-order valence-electron chi connectivity index (χ3n) is 5.44. The molecule has 1 aromatic carbocycles. The molecule has 0 spiro atoms. The largest absolute Gasteiger partial charge is 0.310 e. The van der Waals surface area contributed by atoms with E-state index in [4.69, 9.17) is 0 Å². The van der Waals surface area contributed by atoms with Crippen LogP contribution in [-0.4, -0.2) is 6.04 Å². The van der Waals surface area contributed by atoms with E-state index in [9.17, 15) is 0 Å². The maximum atomic E-state index is 3.81. The fourth-order valence-corrected chi connectivity index (χ4v) is 3.85. The van der Waals surface area contributed by atoms with E-state index in [1.807, 2.05) is 0 Å². The fourth-order valence-electron chi connectivity index (χ4n) is 3.85. The van der Waals surface area contributed by atoms with Crippen LogP contribution in [0.4, 0.5) is 0 Å². The first-order valence-electron chi connectivity index (χ1n) is 8.08. The second-order valence-electron chi connectivity index (χ2n) is 6.71. The zero-order valence-electron chi connectivity index (χ0n) is 12.4. The Hall–Kier alpha value is -0.820. The minimum atomic E-state index is 0.719. The Balaban J connectivity index is 1.60. The molecule has 19 heavy (non-hydrogen) atoms. The molecular formula is C18H27N. The van der Waals surface area contributed by atoms with Crippen LogP contribution in [0.2, 0.25) is 0 Å². The molecule has 1 N–H and O–H groups in total. The van der Waals surface area contributed by atoms with Gasteiger partial charge < -0.3 is 5.32 Å². The molecule has 0 amide bonds. The predicted molar refractivity (Wildman–Crippen MR) is 81.3 cm³/mol. The van der Waals surface area contributed by atoms with Crippen LogP contribution in [0.15, 0.2) is 18.2 Å². The van der Waals surface area contributed by atoms with E-state index < -0.39 is 0 Å². The topological polar surface area (TPSA) is 12.0 Å². The number of hydrogen-bond donors (Lipinski definition) is 1. The Morgan fingerprint density at radius 1 is 1.05 bits per heavy atom. The standard InChI is InChI=1S/C18H27N/c1-13-5-3-8-18(14(13)2)19-12-15-9-10-16-6-4-7-17(16)11-15/h9-11,13-14,18-19H,3-8,12H2,1-2H3. The van der Waals surface area contributed by atoms with Crippen molar-refractivity contribution in [3.05, 3.63) is 34.9 Å². The maximum Gasteiger partial charge on any atom is 0.0208 e. The summed E-state index contributed by atoms with van der Waals surface area (Å²) in [5.74, 6) is 1.70. The summed E-state index contributed by atoms with van der Waals surface area (Å²) in [7, 11) is 0. The summed E-state index contributed by atoms with van der Waals surface area (Å²) >= 11 is 0. The molecule has 0 radical (unpaired) electrons. The van der Waals surface area contributed by atoms with Crippen molar-refractivity contribution in [3.63, 3.8) is 0 Å². The van der Waals surface area contributed by atoms with Crippen LogP contribution < -0.4 is 5.32 Å². The molecule has 2 aliphatic rings. The average Bonchev–Trinajstić information content (AvgIpc) is 2.88. The first-order valence-corrected chi connectivity index (χ1v) is 8.08. The average molecular weight is 257 g/mol. The van der Waals surface area contributed by atoms with Crippen molar-refractivity contribution in [1.29, 1.82) is 0 Å². The Morgan fingerprint density at radius 3 is 2.79 bits per heavy atom. The van der Waals surface area contributed by atoms with Gasteiger partial charge in [0.15, 0.2) is 0 Å². The number of aryl methyl sites for hydroxylation is 2. The SMILES string of the molecule is CC1CCCC(NCc2ccc3c(c2)CCC3)C1C. The third kappa shape index (κ3) is 2.86. The molecule has 3 rings (SSSR count). The summed E-state index contributed by atoms with van der Waals surface area (Å²) in [6.45, 7) is 5.88. The van der Waals surface area contributed by atoms with E-state index in [1.165, 1.54) is 44.1 Å². The van der Waals surface area contributed by atoms with Gasteiger partial charge in [0.2, 0.25) is 0 Å². The number of hydrogen-bond acceptors (Lipinski definition) is 1. The molecule has 0 aliphatic heterocycles. The Labute approximate surface area is 117 Å².